The van der Waals surface area contributed by atoms with Crippen LogP contribution in [0.25, 0.3) is 0 Å². The first-order valence-electron chi connectivity index (χ1n) is 14.0. The number of carbonyl (C=O) groups is 2. The number of hydrogen-bond donors (Lipinski definition) is 0. The number of halogens is 3. The lowest BCUT2D eigenvalue weighted by Gasteiger charge is -2.42. The van der Waals surface area contributed by atoms with Gasteiger partial charge in [0.2, 0.25) is 0 Å². The van der Waals surface area contributed by atoms with Crippen LogP contribution in [0.4, 0.5) is 14.5 Å². The normalized spacial score (nSPS) is 17.7. The van der Waals surface area contributed by atoms with Gasteiger partial charge in [-0.1, -0.05) is 35.9 Å². The van der Waals surface area contributed by atoms with Gasteiger partial charge in [0, 0.05) is 36.2 Å². The maximum atomic E-state index is 14.4. The van der Waals surface area contributed by atoms with Crippen molar-refractivity contribution in [1.82, 2.24) is 4.90 Å². The predicted octanol–water partition coefficient (Wildman–Crippen LogP) is 6.26. The second-order valence-corrected chi connectivity index (χ2v) is 13.1. The van der Waals surface area contributed by atoms with Crippen LogP contribution in [0.1, 0.15) is 38.8 Å². The molecule has 4 aromatic carbocycles. The van der Waals surface area contributed by atoms with Gasteiger partial charge in [0.25, 0.3) is 21.8 Å². The molecular formula is C33H27ClF2N2O6S. The summed E-state index contributed by atoms with van der Waals surface area (Å²) in [7, 11) is -3.12. The highest BCUT2D eigenvalue weighted by Gasteiger charge is 2.43. The van der Waals surface area contributed by atoms with Crippen molar-refractivity contribution in [2.24, 2.45) is 5.92 Å². The van der Waals surface area contributed by atoms with Gasteiger partial charge in [-0.3, -0.25) is 18.8 Å². The summed E-state index contributed by atoms with van der Waals surface area (Å²) in [6.45, 7) is 1.45. The van der Waals surface area contributed by atoms with Crippen molar-refractivity contribution in [2.45, 2.75) is 30.9 Å². The molecule has 6 rings (SSSR count). The quantitative estimate of drug-likeness (QED) is 0.209. The molecule has 4 aromatic rings. The van der Waals surface area contributed by atoms with E-state index >= 15 is 0 Å². The van der Waals surface area contributed by atoms with E-state index in [1.807, 2.05) is 0 Å². The summed E-state index contributed by atoms with van der Waals surface area (Å²) in [5.41, 5.74) is 1.65. The highest BCUT2D eigenvalue weighted by Crippen LogP contribution is 2.41. The molecule has 0 fully saturated rings. The molecule has 0 saturated carbocycles. The van der Waals surface area contributed by atoms with Crippen molar-refractivity contribution in [1.29, 1.82) is 0 Å². The van der Waals surface area contributed by atoms with E-state index in [9.17, 15) is 26.8 Å². The molecular weight excluding hydrogens is 626 g/mol. The molecule has 0 N–H and O–H groups in total. The number of fused-ring (bicyclic) bond motifs is 2. The molecule has 0 aromatic heterocycles. The number of nitrogens with zero attached hydrogens (tertiary/aromatic N) is 2. The fourth-order valence-corrected chi connectivity index (χ4v) is 7.80. The average molecular weight is 653 g/mol. The van der Waals surface area contributed by atoms with Crippen LogP contribution in [0, 0.1) is 17.6 Å². The lowest BCUT2D eigenvalue weighted by atomic mass is 9.87. The maximum Gasteiger partial charge on any atom is 0.264 e. The Kier molecular flexibility index (Phi) is 8.00. The van der Waals surface area contributed by atoms with E-state index in [2.05, 4.69) is 0 Å². The largest absolute Gasteiger partial charge is 0.494 e. The molecule has 8 nitrogen and oxygen atoms in total. The zero-order chi connectivity index (χ0) is 32.0. The Labute approximate surface area is 263 Å². The van der Waals surface area contributed by atoms with E-state index in [0.29, 0.717) is 28.8 Å². The summed E-state index contributed by atoms with van der Waals surface area (Å²) in [6, 6.07) is 18.2. The Morgan fingerprint density at radius 2 is 1.62 bits per heavy atom. The SMILES string of the molecule is COc1cc(S(=O)(=O)N2c3cc(OCc4c(F)cccc4Cl)ccc3C[C@@H](CN3C(=O)c4ccccc4C3=O)[C@H]2C)ccc1F. The fraction of sp³-hybridized carbons (Fsp3) is 0.212. The molecule has 232 valence electrons. The summed E-state index contributed by atoms with van der Waals surface area (Å²) in [6.07, 6.45) is 0.335. The van der Waals surface area contributed by atoms with Crippen molar-refractivity contribution >= 4 is 39.1 Å². The molecule has 2 amide bonds. The standard InChI is InChI=1S/C33H27ClF2N2O6S/c1-19-21(17-37-32(39)24-6-3-4-7-25(24)33(37)40)14-20-10-11-22(44-18-26-27(34)8-5-9-28(26)35)15-30(20)38(19)45(41,42)23-12-13-29(36)31(16-23)43-2/h3-13,15-16,19,21H,14,17-18H2,1-2H3/t19-,21+/m1/s1. The molecule has 0 radical (unpaired) electrons. The molecule has 0 aliphatic carbocycles. The van der Waals surface area contributed by atoms with Crippen molar-refractivity contribution in [3.8, 4) is 11.5 Å². The van der Waals surface area contributed by atoms with Crippen molar-refractivity contribution in [2.75, 3.05) is 18.0 Å². The maximum absolute atomic E-state index is 14.4. The summed E-state index contributed by atoms with van der Waals surface area (Å²) < 4.78 is 69.4. The van der Waals surface area contributed by atoms with E-state index in [0.717, 1.165) is 23.1 Å². The van der Waals surface area contributed by atoms with Gasteiger partial charge in [0.05, 0.1) is 33.8 Å². The average Bonchev–Trinajstić information content (AvgIpc) is 3.26. The van der Waals surface area contributed by atoms with E-state index in [1.54, 1.807) is 43.3 Å². The van der Waals surface area contributed by atoms with E-state index in [-0.39, 0.29) is 40.1 Å². The van der Waals surface area contributed by atoms with Crippen molar-refractivity contribution in [3.63, 3.8) is 0 Å². The zero-order valence-electron chi connectivity index (χ0n) is 24.2. The molecule has 2 aliphatic rings. The number of anilines is 1. The Bertz CT molecular complexity index is 1900. The van der Waals surface area contributed by atoms with Crippen LogP contribution in [0.3, 0.4) is 0 Å². The van der Waals surface area contributed by atoms with E-state index in [4.69, 9.17) is 21.1 Å². The summed E-state index contributed by atoms with van der Waals surface area (Å²) in [4.78, 5) is 27.3. The minimum Gasteiger partial charge on any atom is -0.494 e. The molecule has 0 bridgehead atoms. The molecule has 45 heavy (non-hydrogen) atoms. The van der Waals surface area contributed by atoms with Crippen LogP contribution in [0.5, 0.6) is 11.5 Å². The number of sulfonamides is 1. The van der Waals surface area contributed by atoms with Crippen LogP contribution in [0.2, 0.25) is 5.02 Å². The van der Waals surface area contributed by atoms with Gasteiger partial charge in [-0.05, 0) is 61.4 Å². The van der Waals surface area contributed by atoms with Gasteiger partial charge in [0.1, 0.15) is 18.2 Å². The second-order valence-electron chi connectivity index (χ2n) is 10.8. The minimum absolute atomic E-state index is 0.0320. The topological polar surface area (TPSA) is 93.2 Å². The third kappa shape index (κ3) is 5.40. The molecule has 2 heterocycles. The number of benzene rings is 4. The fourth-order valence-electron chi connectivity index (χ4n) is 5.82. The number of rotatable bonds is 8. The number of hydrogen-bond acceptors (Lipinski definition) is 6. The summed E-state index contributed by atoms with van der Waals surface area (Å²) in [5, 5.41) is 0.187. The van der Waals surface area contributed by atoms with Gasteiger partial charge >= 0.3 is 0 Å². The van der Waals surface area contributed by atoms with Gasteiger partial charge in [-0.15, -0.1) is 0 Å². The number of imide groups is 1. The lowest BCUT2D eigenvalue weighted by Crippen LogP contribution is -2.51. The first kappa shape index (κ1) is 30.5. The van der Waals surface area contributed by atoms with Gasteiger partial charge in [-0.2, -0.15) is 0 Å². The highest BCUT2D eigenvalue weighted by atomic mass is 35.5. The molecule has 12 heteroatoms. The number of methoxy groups -OCH3 is 1. The van der Waals surface area contributed by atoms with Crippen LogP contribution in [-0.2, 0) is 23.1 Å². The third-order valence-electron chi connectivity index (χ3n) is 8.25. The van der Waals surface area contributed by atoms with Crippen molar-refractivity contribution < 1.29 is 36.3 Å². The Morgan fingerprint density at radius 1 is 0.911 bits per heavy atom. The minimum atomic E-state index is -4.36. The molecule has 2 aliphatic heterocycles. The predicted molar refractivity (Wildman–Crippen MR) is 163 cm³/mol. The number of ether oxygens (including phenoxy) is 2. The van der Waals surface area contributed by atoms with Crippen molar-refractivity contribution in [3.05, 3.63) is 118 Å². The number of carbonyl (C=O) groups excluding carboxylic acids is 2. The van der Waals surface area contributed by atoms with Crippen LogP contribution < -0.4 is 13.8 Å². The molecule has 2 atom stereocenters. The second kappa shape index (κ2) is 11.8. The first-order valence-corrected chi connectivity index (χ1v) is 15.8. The highest BCUT2D eigenvalue weighted by molar-refractivity contribution is 7.92. The molecule has 0 spiro atoms. The van der Waals surface area contributed by atoms with Gasteiger partial charge in [0.15, 0.2) is 11.6 Å². The van der Waals surface area contributed by atoms with Crippen LogP contribution >= 0.6 is 11.6 Å². The van der Waals surface area contributed by atoms with Crippen LogP contribution in [0.15, 0.2) is 83.8 Å². The number of amides is 2. The van der Waals surface area contributed by atoms with Gasteiger partial charge < -0.3 is 9.47 Å². The Morgan fingerprint density at radius 3 is 2.29 bits per heavy atom. The van der Waals surface area contributed by atoms with E-state index < -0.39 is 45.4 Å². The monoisotopic (exact) mass is 652 g/mol. The Hall–Kier alpha value is -4.48. The third-order valence-corrected chi connectivity index (χ3v) is 10.5. The zero-order valence-corrected chi connectivity index (χ0v) is 25.7. The summed E-state index contributed by atoms with van der Waals surface area (Å²) in [5.74, 6) is -2.64. The van der Waals surface area contributed by atoms with Crippen LogP contribution in [-0.4, -0.2) is 44.8 Å². The van der Waals surface area contributed by atoms with Gasteiger partial charge in [-0.25, -0.2) is 17.2 Å². The first-order chi connectivity index (χ1) is 21.5. The summed E-state index contributed by atoms with van der Waals surface area (Å²) >= 11 is 6.16. The Balaban J connectivity index is 1.38. The smallest absolute Gasteiger partial charge is 0.264 e. The van der Waals surface area contributed by atoms with E-state index in [1.165, 1.54) is 35.7 Å². The molecule has 0 unspecified atom stereocenters. The lowest BCUT2D eigenvalue weighted by molar-refractivity contribution is 0.0622. The molecule has 0 saturated heterocycles.